The SMILES string of the molecule is CNC(C)(CCOc1cccc(C)c1)C(N)=O. The summed E-state index contributed by atoms with van der Waals surface area (Å²) in [6, 6.07) is 7.80. The van der Waals surface area contributed by atoms with Gasteiger partial charge >= 0.3 is 0 Å². The Bertz CT molecular complexity index is 393. The molecule has 0 aliphatic carbocycles. The van der Waals surface area contributed by atoms with Crippen LogP contribution in [0.25, 0.3) is 0 Å². The van der Waals surface area contributed by atoms with Crippen LogP contribution >= 0.6 is 0 Å². The summed E-state index contributed by atoms with van der Waals surface area (Å²) < 4.78 is 5.59. The fourth-order valence-corrected chi connectivity index (χ4v) is 1.45. The molecule has 1 atom stereocenters. The molecule has 0 bridgehead atoms. The Hall–Kier alpha value is -1.55. The zero-order chi connectivity index (χ0) is 12.9. The molecule has 1 aromatic rings. The number of likely N-dealkylation sites (N-methyl/N-ethyl adjacent to an activating group) is 1. The Morgan fingerprint density at radius 3 is 2.76 bits per heavy atom. The van der Waals surface area contributed by atoms with Gasteiger partial charge in [-0.1, -0.05) is 12.1 Å². The lowest BCUT2D eigenvalue weighted by Crippen LogP contribution is -2.52. The van der Waals surface area contributed by atoms with Crippen molar-refractivity contribution in [1.29, 1.82) is 0 Å². The predicted molar refractivity (Wildman–Crippen MR) is 68.0 cm³/mol. The Kier molecular flexibility index (Phi) is 4.52. The van der Waals surface area contributed by atoms with Gasteiger partial charge in [0.25, 0.3) is 0 Å². The molecule has 94 valence electrons. The number of carbonyl (C=O) groups is 1. The van der Waals surface area contributed by atoms with Crippen LogP contribution in [-0.2, 0) is 4.79 Å². The van der Waals surface area contributed by atoms with E-state index in [0.29, 0.717) is 13.0 Å². The molecule has 0 aliphatic rings. The van der Waals surface area contributed by atoms with E-state index < -0.39 is 5.54 Å². The topological polar surface area (TPSA) is 64.3 Å². The first-order chi connectivity index (χ1) is 7.98. The molecule has 1 aromatic carbocycles. The molecule has 1 unspecified atom stereocenters. The average molecular weight is 236 g/mol. The number of benzene rings is 1. The van der Waals surface area contributed by atoms with Crippen LogP contribution in [-0.4, -0.2) is 25.1 Å². The largest absolute Gasteiger partial charge is 0.494 e. The van der Waals surface area contributed by atoms with Gasteiger partial charge in [0.15, 0.2) is 0 Å². The molecule has 4 heteroatoms. The van der Waals surface area contributed by atoms with Gasteiger partial charge in [0, 0.05) is 6.42 Å². The number of amides is 1. The number of hydrogen-bond acceptors (Lipinski definition) is 3. The van der Waals surface area contributed by atoms with E-state index in [1.807, 2.05) is 31.2 Å². The van der Waals surface area contributed by atoms with Crippen LogP contribution in [0.3, 0.4) is 0 Å². The average Bonchev–Trinajstić information content (AvgIpc) is 2.28. The summed E-state index contributed by atoms with van der Waals surface area (Å²) >= 11 is 0. The monoisotopic (exact) mass is 236 g/mol. The Labute approximate surface area is 102 Å². The Balaban J connectivity index is 2.50. The van der Waals surface area contributed by atoms with E-state index in [4.69, 9.17) is 10.5 Å². The van der Waals surface area contributed by atoms with Gasteiger partial charge in [-0.05, 0) is 38.6 Å². The highest BCUT2D eigenvalue weighted by Gasteiger charge is 2.28. The highest BCUT2D eigenvalue weighted by atomic mass is 16.5. The summed E-state index contributed by atoms with van der Waals surface area (Å²) in [7, 11) is 1.72. The first kappa shape index (κ1) is 13.5. The van der Waals surface area contributed by atoms with E-state index in [1.165, 1.54) is 0 Å². The van der Waals surface area contributed by atoms with Crippen LogP contribution in [0, 0.1) is 6.92 Å². The van der Waals surface area contributed by atoms with Crippen molar-refractivity contribution in [3.63, 3.8) is 0 Å². The maximum atomic E-state index is 11.3. The molecule has 3 N–H and O–H groups in total. The summed E-state index contributed by atoms with van der Waals surface area (Å²) in [5.41, 5.74) is 5.76. The van der Waals surface area contributed by atoms with Gasteiger partial charge in [-0.25, -0.2) is 0 Å². The molecule has 0 aromatic heterocycles. The molecule has 1 rings (SSSR count). The predicted octanol–water partition coefficient (Wildman–Crippen LogP) is 1.23. The van der Waals surface area contributed by atoms with E-state index in [-0.39, 0.29) is 5.91 Å². The maximum absolute atomic E-state index is 11.3. The lowest BCUT2D eigenvalue weighted by molar-refractivity contribution is -0.124. The molecular weight excluding hydrogens is 216 g/mol. The molecule has 0 radical (unpaired) electrons. The van der Waals surface area contributed by atoms with Gasteiger partial charge in [-0.2, -0.15) is 0 Å². The number of hydrogen-bond donors (Lipinski definition) is 2. The van der Waals surface area contributed by atoms with Gasteiger partial charge in [-0.15, -0.1) is 0 Å². The third-order valence-electron chi connectivity index (χ3n) is 2.96. The van der Waals surface area contributed by atoms with Gasteiger partial charge < -0.3 is 15.8 Å². The fourth-order valence-electron chi connectivity index (χ4n) is 1.45. The lowest BCUT2D eigenvalue weighted by Gasteiger charge is -2.25. The Morgan fingerprint density at radius 1 is 1.53 bits per heavy atom. The molecule has 17 heavy (non-hydrogen) atoms. The van der Waals surface area contributed by atoms with Crippen molar-refractivity contribution >= 4 is 5.91 Å². The molecule has 1 amide bonds. The molecule has 4 nitrogen and oxygen atoms in total. The first-order valence-electron chi connectivity index (χ1n) is 5.66. The summed E-state index contributed by atoms with van der Waals surface area (Å²) in [4.78, 5) is 11.3. The molecule has 0 saturated carbocycles. The molecule has 0 heterocycles. The summed E-state index contributed by atoms with van der Waals surface area (Å²) in [5, 5.41) is 2.92. The number of nitrogens with one attached hydrogen (secondary N) is 1. The minimum Gasteiger partial charge on any atom is -0.494 e. The van der Waals surface area contributed by atoms with Crippen molar-refractivity contribution in [2.45, 2.75) is 25.8 Å². The van der Waals surface area contributed by atoms with E-state index >= 15 is 0 Å². The van der Waals surface area contributed by atoms with Crippen LogP contribution in [0.1, 0.15) is 18.9 Å². The highest BCUT2D eigenvalue weighted by Crippen LogP contribution is 2.14. The van der Waals surface area contributed by atoms with Crippen LogP contribution in [0.4, 0.5) is 0 Å². The highest BCUT2D eigenvalue weighted by molar-refractivity contribution is 5.84. The van der Waals surface area contributed by atoms with E-state index in [0.717, 1.165) is 11.3 Å². The lowest BCUT2D eigenvalue weighted by atomic mass is 9.98. The van der Waals surface area contributed by atoms with Crippen molar-refractivity contribution in [3.05, 3.63) is 29.8 Å². The molecule has 0 aliphatic heterocycles. The quantitative estimate of drug-likeness (QED) is 0.780. The standard InChI is InChI=1S/C13H20N2O2/c1-10-5-4-6-11(9-10)17-8-7-13(2,15-3)12(14)16/h4-6,9,15H,7-8H2,1-3H3,(H2,14,16). The number of carbonyl (C=O) groups excluding carboxylic acids is 1. The van der Waals surface area contributed by atoms with E-state index in [1.54, 1.807) is 14.0 Å². The first-order valence-corrected chi connectivity index (χ1v) is 5.66. The van der Waals surface area contributed by atoms with Crippen molar-refractivity contribution in [2.75, 3.05) is 13.7 Å². The summed E-state index contributed by atoms with van der Waals surface area (Å²) in [6.07, 6.45) is 0.534. The number of ether oxygens (including phenoxy) is 1. The number of rotatable bonds is 6. The Morgan fingerprint density at radius 2 is 2.24 bits per heavy atom. The number of aryl methyl sites for hydroxylation is 1. The third kappa shape index (κ3) is 3.75. The van der Waals surface area contributed by atoms with Crippen molar-refractivity contribution in [2.24, 2.45) is 5.73 Å². The van der Waals surface area contributed by atoms with Gasteiger partial charge in [0.1, 0.15) is 5.75 Å². The normalized spacial score (nSPS) is 14.1. The molecular formula is C13H20N2O2. The zero-order valence-electron chi connectivity index (χ0n) is 10.6. The van der Waals surface area contributed by atoms with Gasteiger partial charge in [0.05, 0.1) is 12.1 Å². The molecule has 0 spiro atoms. The van der Waals surface area contributed by atoms with E-state index in [2.05, 4.69) is 5.32 Å². The second-order valence-electron chi connectivity index (χ2n) is 4.36. The molecule has 0 saturated heterocycles. The molecule has 0 fully saturated rings. The van der Waals surface area contributed by atoms with Crippen molar-refractivity contribution in [1.82, 2.24) is 5.32 Å². The van der Waals surface area contributed by atoms with Crippen LogP contribution < -0.4 is 15.8 Å². The summed E-state index contributed by atoms with van der Waals surface area (Å²) in [5.74, 6) is 0.445. The van der Waals surface area contributed by atoms with Crippen LogP contribution in [0.15, 0.2) is 24.3 Å². The van der Waals surface area contributed by atoms with Crippen molar-refractivity contribution < 1.29 is 9.53 Å². The maximum Gasteiger partial charge on any atom is 0.237 e. The van der Waals surface area contributed by atoms with Crippen molar-refractivity contribution in [3.8, 4) is 5.75 Å². The number of nitrogens with two attached hydrogens (primary N) is 1. The smallest absolute Gasteiger partial charge is 0.237 e. The van der Waals surface area contributed by atoms with Gasteiger partial charge in [0.2, 0.25) is 5.91 Å². The zero-order valence-corrected chi connectivity index (χ0v) is 10.6. The minimum absolute atomic E-state index is 0.368. The van der Waals surface area contributed by atoms with E-state index in [9.17, 15) is 4.79 Å². The second-order valence-corrected chi connectivity index (χ2v) is 4.36. The second kappa shape index (κ2) is 5.68. The number of primary amides is 1. The van der Waals surface area contributed by atoms with Crippen LogP contribution in [0.2, 0.25) is 0 Å². The van der Waals surface area contributed by atoms with Crippen LogP contribution in [0.5, 0.6) is 5.75 Å². The summed E-state index contributed by atoms with van der Waals surface area (Å²) in [6.45, 7) is 4.23. The third-order valence-corrected chi connectivity index (χ3v) is 2.96. The van der Waals surface area contributed by atoms with Gasteiger partial charge in [-0.3, -0.25) is 4.79 Å². The fraction of sp³-hybridized carbons (Fsp3) is 0.462. The minimum atomic E-state index is -0.718.